The first-order chi connectivity index (χ1) is 11.1. The topological polar surface area (TPSA) is 113 Å². The van der Waals surface area contributed by atoms with Crippen LogP contribution in [0.2, 0.25) is 0 Å². The molecule has 1 atom stereocenters. The zero-order chi connectivity index (χ0) is 17.3. The van der Waals surface area contributed by atoms with E-state index in [1.54, 1.807) is 14.2 Å². The van der Waals surface area contributed by atoms with Gasteiger partial charge in [-0.25, -0.2) is 9.59 Å². The highest BCUT2D eigenvalue weighted by molar-refractivity contribution is 7.99. The fourth-order valence-corrected chi connectivity index (χ4v) is 2.02. The molecule has 0 heterocycles. The zero-order valence-electron chi connectivity index (χ0n) is 13.4. The van der Waals surface area contributed by atoms with Gasteiger partial charge in [0, 0.05) is 20.0 Å². The Bertz CT molecular complexity index is 318. The second kappa shape index (κ2) is 15.8. The van der Waals surface area contributed by atoms with E-state index < -0.39 is 18.1 Å². The van der Waals surface area contributed by atoms with Gasteiger partial charge in [0.1, 0.15) is 12.6 Å². The Kier molecular flexibility index (Phi) is 15.1. The van der Waals surface area contributed by atoms with Crippen LogP contribution >= 0.6 is 11.8 Å². The predicted molar refractivity (Wildman–Crippen MR) is 83.8 cm³/mol. The van der Waals surface area contributed by atoms with Crippen LogP contribution in [-0.4, -0.2) is 88.8 Å². The molecule has 10 heteroatoms. The second-order valence-electron chi connectivity index (χ2n) is 4.17. The summed E-state index contributed by atoms with van der Waals surface area (Å²) in [7, 11) is 3.12. The molecule has 0 aromatic rings. The maximum atomic E-state index is 11.5. The summed E-state index contributed by atoms with van der Waals surface area (Å²) >= 11 is 1.25. The molecule has 0 aliphatic carbocycles. The molecule has 23 heavy (non-hydrogen) atoms. The van der Waals surface area contributed by atoms with Gasteiger partial charge >= 0.3 is 12.1 Å². The van der Waals surface area contributed by atoms with Gasteiger partial charge in [-0.3, -0.25) is 0 Å². The van der Waals surface area contributed by atoms with E-state index in [1.165, 1.54) is 11.8 Å². The van der Waals surface area contributed by atoms with E-state index in [0.29, 0.717) is 32.4 Å². The molecule has 0 bridgehead atoms. The van der Waals surface area contributed by atoms with Gasteiger partial charge in [0.2, 0.25) is 0 Å². The SMILES string of the molecule is COCCOCCOC(=O)NC(CSCOCCOC)C(=O)O. The van der Waals surface area contributed by atoms with E-state index in [-0.39, 0.29) is 19.0 Å². The van der Waals surface area contributed by atoms with Crippen LogP contribution in [0.1, 0.15) is 0 Å². The molecule has 0 aliphatic rings. The van der Waals surface area contributed by atoms with E-state index >= 15 is 0 Å². The number of carboxylic acids is 1. The zero-order valence-corrected chi connectivity index (χ0v) is 14.3. The summed E-state index contributed by atoms with van der Waals surface area (Å²) in [5.74, 6) is -0.651. The number of carbonyl (C=O) groups is 2. The van der Waals surface area contributed by atoms with E-state index in [2.05, 4.69) is 5.32 Å². The Morgan fingerprint density at radius 2 is 1.61 bits per heavy atom. The normalized spacial score (nSPS) is 11.9. The highest BCUT2D eigenvalue weighted by Crippen LogP contribution is 2.04. The van der Waals surface area contributed by atoms with E-state index in [9.17, 15) is 9.59 Å². The van der Waals surface area contributed by atoms with Crippen molar-refractivity contribution in [1.29, 1.82) is 0 Å². The summed E-state index contributed by atoms with van der Waals surface area (Å²) in [6, 6.07) is -1.05. The molecule has 1 unspecified atom stereocenters. The van der Waals surface area contributed by atoms with Gasteiger partial charge in [0.05, 0.1) is 39.0 Å². The summed E-state index contributed by atoms with van der Waals surface area (Å²) in [5.41, 5.74) is 0. The number of hydrogen-bond acceptors (Lipinski definition) is 8. The summed E-state index contributed by atoms with van der Waals surface area (Å²) in [4.78, 5) is 22.6. The highest BCUT2D eigenvalue weighted by atomic mass is 32.2. The van der Waals surface area contributed by atoms with Crippen molar-refractivity contribution in [3.63, 3.8) is 0 Å². The van der Waals surface area contributed by atoms with E-state index in [4.69, 9.17) is 28.8 Å². The maximum absolute atomic E-state index is 11.5. The highest BCUT2D eigenvalue weighted by Gasteiger charge is 2.20. The van der Waals surface area contributed by atoms with E-state index in [1.807, 2.05) is 0 Å². The molecular weight excluding hydrogens is 330 g/mol. The minimum Gasteiger partial charge on any atom is -0.480 e. The van der Waals surface area contributed by atoms with Crippen LogP contribution in [0.4, 0.5) is 4.79 Å². The molecule has 0 spiro atoms. The number of nitrogens with one attached hydrogen (secondary N) is 1. The number of alkyl carbamates (subject to hydrolysis) is 1. The fraction of sp³-hybridized carbons (Fsp3) is 0.846. The third kappa shape index (κ3) is 14.3. The minimum atomic E-state index is -1.14. The monoisotopic (exact) mass is 355 g/mol. The van der Waals surface area contributed by atoms with Gasteiger partial charge in [-0.2, -0.15) is 0 Å². The molecule has 1 amide bonds. The molecule has 0 radical (unpaired) electrons. The smallest absolute Gasteiger partial charge is 0.407 e. The predicted octanol–water partition coefficient (Wildman–Crippen LogP) is 0.183. The van der Waals surface area contributed by atoms with Crippen LogP contribution in [0.5, 0.6) is 0 Å². The first kappa shape index (κ1) is 21.9. The number of carboxylic acid groups (broad SMARTS) is 1. The molecule has 9 nitrogen and oxygen atoms in total. The Morgan fingerprint density at radius 3 is 2.22 bits per heavy atom. The van der Waals surface area contributed by atoms with Crippen LogP contribution in [0, 0.1) is 0 Å². The van der Waals surface area contributed by atoms with Crippen molar-refractivity contribution in [2.24, 2.45) is 0 Å². The van der Waals surface area contributed by atoms with Crippen molar-refractivity contribution < 1.29 is 38.4 Å². The van der Waals surface area contributed by atoms with Gasteiger partial charge in [-0.1, -0.05) is 0 Å². The summed E-state index contributed by atoms with van der Waals surface area (Å²) < 4.78 is 24.7. The lowest BCUT2D eigenvalue weighted by Gasteiger charge is -2.14. The number of rotatable bonds is 15. The van der Waals surface area contributed by atoms with Crippen LogP contribution in [0.15, 0.2) is 0 Å². The van der Waals surface area contributed by atoms with Crippen molar-refractivity contribution in [1.82, 2.24) is 5.32 Å². The van der Waals surface area contributed by atoms with Crippen molar-refractivity contribution in [3.05, 3.63) is 0 Å². The molecule has 0 aromatic carbocycles. The molecule has 0 aromatic heterocycles. The lowest BCUT2D eigenvalue weighted by molar-refractivity contribution is -0.138. The molecule has 0 saturated carbocycles. The van der Waals surface area contributed by atoms with Crippen molar-refractivity contribution >= 4 is 23.8 Å². The van der Waals surface area contributed by atoms with Gasteiger partial charge in [0.25, 0.3) is 0 Å². The van der Waals surface area contributed by atoms with Gasteiger partial charge < -0.3 is 34.1 Å². The Labute approximate surface area is 139 Å². The molecule has 0 aliphatic heterocycles. The van der Waals surface area contributed by atoms with Gasteiger partial charge in [0.15, 0.2) is 0 Å². The Morgan fingerprint density at radius 1 is 1.00 bits per heavy atom. The van der Waals surface area contributed by atoms with Crippen LogP contribution in [0.3, 0.4) is 0 Å². The number of ether oxygens (including phenoxy) is 5. The summed E-state index contributed by atoms with van der Waals surface area (Å²) in [6.07, 6.45) is -0.798. The molecular formula is C13H25NO8S. The number of carbonyl (C=O) groups excluding carboxylic acids is 1. The third-order valence-corrected chi connectivity index (χ3v) is 3.27. The largest absolute Gasteiger partial charge is 0.480 e. The number of thioether (sulfide) groups is 1. The summed E-state index contributed by atoms with van der Waals surface area (Å²) in [6.45, 7) is 2.02. The Balaban J connectivity index is 3.76. The number of aliphatic carboxylic acids is 1. The Hall–Kier alpha value is -1.07. The van der Waals surface area contributed by atoms with Gasteiger partial charge in [-0.15, -0.1) is 11.8 Å². The standard InChI is InChI=1S/C13H25NO8S/c1-18-3-5-20-7-8-22-13(17)14-11(12(15)16)9-23-10-21-6-4-19-2/h11H,3-10H2,1-2H3,(H,14,17)(H,15,16). The fourth-order valence-electron chi connectivity index (χ4n) is 1.22. The van der Waals surface area contributed by atoms with Crippen molar-refractivity contribution in [3.8, 4) is 0 Å². The first-order valence-corrected chi connectivity index (χ1v) is 8.14. The van der Waals surface area contributed by atoms with Crippen molar-refractivity contribution in [2.75, 3.05) is 65.6 Å². The number of hydrogen-bond donors (Lipinski definition) is 2. The van der Waals surface area contributed by atoms with Crippen LogP contribution in [0.25, 0.3) is 0 Å². The quantitative estimate of drug-likeness (QED) is 0.314. The van der Waals surface area contributed by atoms with E-state index in [0.717, 1.165) is 0 Å². The molecule has 0 rings (SSSR count). The average Bonchev–Trinajstić information content (AvgIpc) is 2.52. The van der Waals surface area contributed by atoms with Gasteiger partial charge in [-0.05, 0) is 0 Å². The lowest BCUT2D eigenvalue weighted by atomic mass is 10.3. The first-order valence-electron chi connectivity index (χ1n) is 6.99. The maximum Gasteiger partial charge on any atom is 0.407 e. The molecule has 136 valence electrons. The molecule has 0 saturated heterocycles. The average molecular weight is 355 g/mol. The van der Waals surface area contributed by atoms with Crippen LogP contribution in [-0.2, 0) is 28.5 Å². The third-order valence-electron chi connectivity index (χ3n) is 2.37. The summed E-state index contributed by atoms with van der Waals surface area (Å²) in [5, 5.41) is 11.3. The minimum absolute atomic E-state index is 0.0369. The molecule has 2 N–H and O–H groups in total. The number of amides is 1. The van der Waals surface area contributed by atoms with Crippen LogP contribution < -0.4 is 5.32 Å². The number of methoxy groups -OCH3 is 2. The molecule has 0 fully saturated rings. The lowest BCUT2D eigenvalue weighted by Crippen LogP contribution is -2.43. The van der Waals surface area contributed by atoms with Crippen molar-refractivity contribution in [2.45, 2.75) is 6.04 Å². The second-order valence-corrected chi connectivity index (χ2v) is 5.14.